The van der Waals surface area contributed by atoms with Crippen molar-refractivity contribution < 1.29 is 81.0 Å². The average molecular weight is 1560 g/mol. The summed E-state index contributed by atoms with van der Waals surface area (Å²) < 4.78 is 34.4. The van der Waals surface area contributed by atoms with Gasteiger partial charge in [0.25, 0.3) is 5.96 Å². The summed E-state index contributed by atoms with van der Waals surface area (Å²) in [4.78, 5) is 161. The van der Waals surface area contributed by atoms with Gasteiger partial charge in [-0.25, -0.2) is 14.7 Å². The molecule has 7 N–H and O–H groups in total. The number of esters is 2. The van der Waals surface area contributed by atoms with Gasteiger partial charge in [0.05, 0.1) is 31.8 Å². The number of rotatable bonds is 66. The lowest BCUT2D eigenvalue weighted by molar-refractivity contribution is -0.485. The van der Waals surface area contributed by atoms with Crippen LogP contribution in [0.2, 0.25) is 0 Å². The van der Waals surface area contributed by atoms with Gasteiger partial charge in [-0.2, -0.15) is 0 Å². The van der Waals surface area contributed by atoms with Crippen LogP contribution in [-0.4, -0.2) is 161 Å². The number of phosphoric acid groups is 1. The fraction of sp³-hybridized carbons (Fsp3) is 0.790. The summed E-state index contributed by atoms with van der Waals surface area (Å²) in [7, 11) is -4.76. The number of unbranched alkanes of at least 4 members (excludes halogenated alkanes) is 26. The smallest absolute Gasteiger partial charge is 0.462 e. The predicted molar refractivity (Wildman–Crippen MR) is 421 cm³/mol. The van der Waals surface area contributed by atoms with Crippen molar-refractivity contribution in [3.05, 3.63) is 46.0 Å². The summed E-state index contributed by atoms with van der Waals surface area (Å²) in [5, 5.41) is 23.3. The molecule has 27 nitrogen and oxygen atoms in total. The monoisotopic (exact) mass is 1560 g/mol. The van der Waals surface area contributed by atoms with E-state index < -0.39 is 116 Å². The first-order valence-electron chi connectivity index (χ1n) is 41.7. The highest BCUT2D eigenvalue weighted by Gasteiger charge is 2.44. The molecular weight excluding hydrogens is 1420 g/mol. The summed E-state index contributed by atoms with van der Waals surface area (Å²) in [6, 6.07) is 6.38. The largest absolute Gasteiger partial charge is 0.472 e. The maximum absolute atomic E-state index is 14.7. The third-order valence-corrected chi connectivity index (χ3v) is 21.4. The van der Waals surface area contributed by atoms with Gasteiger partial charge in [-0.15, -0.1) is 0 Å². The molecule has 1 aromatic rings. The highest BCUT2D eigenvalue weighted by Crippen LogP contribution is 2.43. The number of hydrogen-bond acceptors (Lipinski definition) is 17. The number of carbonyl (C=O) groups is 10. The number of hydrazone groups is 1. The highest BCUT2D eigenvalue weighted by atomic mass is 31.2. The molecule has 7 atom stereocenters. The molecule has 0 spiro atoms. The van der Waals surface area contributed by atoms with E-state index in [1.807, 2.05) is 37.3 Å². The van der Waals surface area contributed by atoms with Crippen LogP contribution in [0.4, 0.5) is 0 Å². The van der Waals surface area contributed by atoms with Crippen LogP contribution in [0.3, 0.4) is 0 Å². The number of hydrogen-bond donors (Lipinski definition) is 6. The maximum Gasteiger partial charge on any atom is 0.472 e. The number of benzene rings is 1. The van der Waals surface area contributed by atoms with E-state index in [4.69, 9.17) is 24.3 Å². The number of nitrogens with zero attached hydrogens (tertiary/aromatic N) is 4. The van der Waals surface area contributed by atoms with E-state index in [9.17, 15) is 67.5 Å². The first kappa shape index (κ1) is 96.5. The first-order valence-corrected chi connectivity index (χ1v) is 43.2. The van der Waals surface area contributed by atoms with Crippen LogP contribution < -0.4 is 27.0 Å². The Morgan fingerprint density at radius 1 is 0.578 bits per heavy atom. The Hall–Kier alpha value is -6.70. The summed E-state index contributed by atoms with van der Waals surface area (Å²) in [6.45, 7) is 8.59. The number of nitrogens with one attached hydrogen (secondary N) is 4. The quantitative estimate of drug-likeness (QED) is 0.00671. The van der Waals surface area contributed by atoms with E-state index in [0.717, 1.165) is 63.4 Å². The number of nitrogens with two attached hydrogens (primary N) is 1. The molecule has 2 saturated heterocycles. The van der Waals surface area contributed by atoms with Crippen molar-refractivity contribution in [3.8, 4) is 0 Å². The van der Waals surface area contributed by atoms with Crippen molar-refractivity contribution in [2.24, 2.45) is 28.6 Å². The molecule has 28 heteroatoms. The zero-order valence-electron chi connectivity index (χ0n) is 66.9. The number of ketones is 3. The van der Waals surface area contributed by atoms with E-state index in [0.29, 0.717) is 57.8 Å². The lowest BCUT2D eigenvalue weighted by Crippen LogP contribution is -2.53. The number of ether oxygens (including phenoxy) is 2. The standard InChI is InChI=1S/C81H138N9O18P/c1-6-9-12-14-16-18-20-22-24-26-28-30-36-50-76(97)105-61-67(108-77(98)51-37-31-29-27-25-23-21-19-17-15-13-10-7-2)62-107-109(103,104)106-56-53-83-73(94)48-38-49-74(95)85-60-75(96)86-78(63(4)5)72(93)59-66(44-33-11-8-3)79(99)89-55-41-47-69(89)80(100)88-54-40-46-68(88)71(92)58-65(45-39-52-84-81(82)87-90(101)102)70(91)57-64-42-34-32-35-43-64/h32,34-35,42-43,63,65-69,78H,6-31,33,36-41,44-62H2,1-5H3,(H,83,94)(H,85,95)(H,86,96)(H,103,104)(H3,82,84,87). The van der Waals surface area contributed by atoms with Crippen molar-refractivity contribution in [1.82, 2.24) is 31.1 Å². The van der Waals surface area contributed by atoms with Crippen LogP contribution in [0.15, 0.2) is 35.4 Å². The Morgan fingerprint density at radius 3 is 1.65 bits per heavy atom. The molecule has 620 valence electrons. The van der Waals surface area contributed by atoms with Gasteiger partial charge in [0, 0.05) is 83.0 Å². The molecule has 0 bridgehead atoms. The third-order valence-electron chi connectivity index (χ3n) is 20.4. The first-order chi connectivity index (χ1) is 52.5. The van der Waals surface area contributed by atoms with Gasteiger partial charge in [-0.1, -0.05) is 238 Å². The van der Waals surface area contributed by atoms with Crippen molar-refractivity contribution in [2.45, 2.75) is 341 Å². The van der Waals surface area contributed by atoms with Crippen molar-refractivity contribution >= 4 is 72.6 Å². The van der Waals surface area contributed by atoms with E-state index >= 15 is 0 Å². The van der Waals surface area contributed by atoms with Crippen LogP contribution in [0, 0.1) is 27.9 Å². The molecule has 2 aliphatic rings. The van der Waals surface area contributed by atoms with Gasteiger partial charge >= 0.3 is 19.8 Å². The zero-order valence-corrected chi connectivity index (χ0v) is 67.8. The third kappa shape index (κ3) is 44.8. The molecule has 7 unspecified atom stereocenters. The van der Waals surface area contributed by atoms with Crippen LogP contribution in [0.5, 0.6) is 0 Å². The molecule has 1 aromatic carbocycles. The van der Waals surface area contributed by atoms with E-state index in [-0.39, 0.29) is 114 Å². The molecular formula is C81H138N9O18P. The lowest BCUT2D eigenvalue weighted by Gasteiger charge is -2.33. The average Bonchev–Trinajstić information content (AvgIpc) is 1.73. The SMILES string of the molecule is CCCCCCCCCCCCCCCC(=O)OCC(COP(=O)(O)OCCNC(=O)CCCC(=O)NCC(=O)NC(C(=O)CC(CCCCC)C(=O)N1CCCC1C(=O)N1CCCC1C(=O)CC(CCCN/C(N)=N\[N+](=O)[O-])C(=O)Cc1ccccc1)C(C)C)OC(=O)CCCCCCCCCCCCCCC. The van der Waals surface area contributed by atoms with Crippen LogP contribution in [0.1, 0.15) is 316 Å². The van der Waals surface area contributed by atoms with Gasteiger partial charge in [-0.3, -0.25) is 57.0 Å². The van der Waals surface area contributed by atoms with E-state index in [2.05, 4.69) is 40.2 Å². The molecule has 0 saturated carbocycles. The van der Waals surface area contributed by atoms with Crippen molar-refractivity contribution in [2.75, 3.05) is 52.5 Å². The fourth-order valence-corrected chi connectivity index (χ4v) is 14.9. The van der Waals surface area contributed by atoms with Gasteiger partial charge in [0.1, 0.15) is 23.5 Å². The topological polar surface area (TPSA) is 381 Å². The fourth-order valence-electron chi connectivity index (χ4n) is 14.2. The molecule has 2 aliphatic heterocycles. The Labute approximate surface area is 650 Å². The van der Waals surface area contributed by atoms with Crippen LogP contribution >= 0.6 is 7.82 Å². The predicted octanol–water partition coefficient (Wildman–Crippen LogP) is 13.5. The van der Waals surface area contributed by atoms with Crippen LogP contribution in [0.25, 0.3) is 0 Å². The van der Waals surface area contributed by atoms with Crippen molar-refractivity contribution in [3.63, 3.8) is 0 Å². The zero-order chi connectivity index (χ0) is 79.9. The Balaban J connectivity index is 1.47. The lowest BCUT2D eigenvalue weighted by atomic mass is 9.87. The second-order valence-electron chi connectivity index (χ2n) is 30.2. The molecule has 2 heterocycles. The highest BCUT2D eigenvalue weighted by molar-refractivity contribution is 7.47. The molecule has 0 radical (unpaired) electrons. The van der Waals surface area contributed by atoms with Gasteiger partial charge in [0.2, 0.25) is 29.5 Å². The second-order valence-corrected chi connectivity index (χ2v) is 31.6. The molecule has 0 aromatic heterocycles. The minimum atomic E-state index is -4.76. The van der Waals surface area contributed by atoms with E-state index in [1.165, 1.54) is 119 Å². The summed E-state index contributed by atoms with van der Waals surface area (Å²) in [6.07, 6.45) is 33.7. The molecule has 2 fully saturated rings. The van der Waals surface area contributed by atoms with E-state index in [1.54, 1.807) is 13.8 Å². The summed E-state index contributed by atoms with van der Waals surface area (Å²) >= 11 is 0. The number of guanidine groups is 1. The summed E-state index contributed by atoms with van der Waals surface area (Å²) in [5.74, 6) is -6.61. The molecule has 0 aliphatic carbocycles. The Kier molecular flexibility index (Phi) is 52.3. The summed E-state index contributed by atoms with van der Waals surface area (Å²) in [5.41, 5.74) is 6.36. The molecule has 5 amide bonds. The number of likely N-dealkylation sites (tertiary alicyclic amines) is 2. The Bertz CT molecular complexity index is 2910. The number of Topliss-reactive ketones (excluding diaryl/α,β-unsaturated/α-hetero) is 3. The number of amides is 5. The van der Waals surface area contributed by atoms with Gasteiger partial charge < -0.3 is 51.2 Å². The minimum absolute atomic E-state index is 0.0787. The van der Waals surface area contributed by atoms with Gasteiger partial charge in [-0.05, 0) is 75.7 Å². The molecule has 109 heavy (non-hydrogen) atoms. The number of phosphoric ester groups is 1. The van der Waals surface area contributed by atoms with Crippen molar-refractivity contribution in [1.29, 1.82) is 0 Å². The Morgan fingerprint density at radius 2 is 1.09 bits per heavy atom. The normalized spacial score (nSPS) is 16.0. The minimum Gasteiger partial charge on any atom is -0.462 e. The molecule has 3 rings (SSSR count). The van der Waals surface area contributed by atoms with Gasteiger partial charge in [0.15, 0.2) is 22.7 Å². The maximum atomic E-state index is 14.7. The number of carbonyl (C=O) groups excluding carboxylic acids is 10. The number of nitro groups is 1. The van der Waals surface area contributed by atoms with Crippen LogP contribution in [-0.2, 0) is 77.5 Å². The second kappa shape index (κ2) is 59.1.